The van der Waals surface area contributed by atoms with Crippen LogP contribution in [0.2, 0.25) is 0 Å². The van der Waals surface area contributed by atoms with E-state index in [1.807, 2.05) is 55.4 Å². The van der Waals surface area contributed by atoms with Crippen LogP contribution in [0.15, 0.2) is 48.1 Å². The fourth-order valence-electron chi connectivity index (χ4n) is 0.778. The zero-order valence-electron chi connectivity index (χ0n) is 8.05. The van der Waals surface area contributed by atoms with Crippen LogP contribution in [0.3, 0.4) is 0 Å². The van der Waals surface area contributed by atoms with Crippen molar-refractivity contribution in [2.75, 3.05) is 0 Å². The Morgan fingerprint density at radius 2 is 1.57 bits per heavy atom. The number of hydrogen-bond donors (Lipinski definition) is 0. The molecule has 0 aromatic rings. The van der Waals surface area contributed by atoms with Gasteiger partial charge in [-0.05, 0) is 6.42 Å². The quantitative estimate of drug-likeness (QED) is 0.293. The smallest absolute Gasteiger partial charge is 0.366 e. The Bertz CT molecular complexity index is 280. The van der Waals surface area contributed by atoms with Crippen molar-refractivity contribution in [1.82, 2.24) is 0 Å². The van der Waals surface area contributed by atoms with E-state index in [-0.39, 0.29) is 35.9 Å². The molecular formula is C12H9FeLi. The van der Waals surface area contributed by atoms with Crippen LogP contribution in [-0.4, -0.2) is 0 Å². The van der Waals surface area contributed by atoms with E-state index in [2.05, 4.69) is 5.92 Å². The molecule has 0 atom stereocenters. The van der Waals surface area contributed by atoms with Crippen molar-refractivity contribution in [3.63, 3.8) is 0 Å². The minimum Gasteiger partial charge on any atom is -0.366 e. The van der Waals surface area contributed by atoms with Crippen LogP contribution in [0.25, 0.3) is 0 Å². The molecule has 0 aromatic heterocycles. The van der Waals surface area contributed by atoms with E-state index in [1.54, 1.807) is 0 Å². The fraction of sp³-hybridized carbons (Fsp3) is 0. The van der Waals surface area contributed by atoms with Gasteiger partial charge in [-0.15, -0.1) is 17.7 Å². The van der Waals surface area contributed by atoms with Gasteiger partial charge in [-0.2, -0.15) is 0 Å². The molecule has 2 aliphatic carbocycles. The van der Waals surface area contributed by atoms with Gasteiger partial charge in [-0.1, -0.05) is 30.4 Å². The van der Waals surface area contributed by atoms with Gasteiger partial charge in [0.1, 0.15) is 0 Å². The largest absolute Gasteiger partial charge is 1.00 e. The molecule has 66 valence electrons. The van der Waals surface area contributed by atoms with Crippen molar-refractivity contribution >= 4 is 0 Å². The minimum absolute atomic E-state index is 0. The molecule has 2 rings (SSSR count). The molecule has 0 aromatic carbocycles. The summed E-state index contributed by atoms with van der Waals surface area (Å²) in [6.45, 7) is 0. The van der Waals surface area contributed by atoms with Gasteiger partial charge < -0.3 is 6.42 Å². The number of rotatable bonds is 0. The van der Waals surface area contributed by atoms with E-state index in [1.165, 1.54) is 0 Å². The average Bonchev–Trinajstić information content (AvgIpc) is 2.81. The summed E-state index contributed by atoms with van der Waals surface area (Å²) < 4.78 is 0. The maximum Gasteiger partial charge on any atom is 1.00 e. The van der Waals surface area contributed by atoms with Crippen LogP contribution in [0, 0.1) is 25.2 Å². The second-order valence-electron chi connectivity index (χ2n) is 2.26. The SMILES string of the molecule is [C-]#CC1=C[CH]C=C1.[CH]1C=CC=C1.[Fe].[Li+]. The van der Waals surface area contributed by atoms with Crippen LogP contribution >= 0.6 is 0 Å². The van der Waals surface area contributed by atoms with Gasteiger partial charge in [-0.3, -0.25) is 5.92 Å². The van der Waals surface area contributed by atoms with Gasteiger partial charge in [-0.25, -0.2) is 0 Å². The molecule has 0 fully saturated rings. The first-order chi connectivity index (χ1) is 5.93. The predicted octanol–water partition coefficient (Wildman–Crippen LogP) is -0.405. The molecule has 2 radical (unpaired) electrons. The summed E-state index contributed by atoms with van der Waals surface area (Å²) in [5, 5.41) is 0. The summed E-state index contributed by atoms with van der Waals surface area (Å²) in [6, 6.07) is 0. The Morgan fingerprint density at radius 1 is 0.929 bits per heavy atom. The fourth-order valence-corrected chi connectivity index (χ4v) is 0.778. The minimum atomic E-state index is 0. The van der Waals surface area contributed by atoms with Gasteiger partial charge in [0.05, 0.1) is 0 Å². The third kappa shape index (κ3) is 7.08. The zero-order chi connectivity index (χ0) is 8.65. The Balaban J connectivity index is 0. The molecular weight excluding hydrogens is 207 g/mol. The second kappa shape index (κ2) is 10.7. The number of hydrogen-bond acceptors (Lipinski definition) is 0. The van der Waals surface area contributed by atoms with Crippen molar-refractivity contribution in [2.24, 2.45) is 0 Å². The van der Waals surface area contributed by atoms with Crippen molar-refractivity contribution < 1.29 is 35.9 Å². The van der Waals surface area contributed by atoms with Gasteiger partial charge in [0, 0.05) is 23.5 Å². The van der Waals surface area contributed by atoms with Crippen molar-refractivity contribution in [3.05, 3.63) is 67.4 Å². The Labute approximate surface area is 109 Å². The molecule has 0 saturated carbocycles. The maximum atomic E-state index is 6.61. The van der Waals surface area contributed by atoms with Crippen molar-refractivity contribution in [1.29, 1.82) is 0 Å². The first-order valence-corrected chi connectivity index (χ1v) is 3.74. The summed E-state index contributed by atoms with van der Waals surface area (Å²) in [6.07, 6.45) is 24.1. The molecule has 0 aliphatic heterocycles. The first-order valence-electron chi connectivity index (χ1n) is 3.74. The van der Waals surface area contributed by atoms with Crippen LogP contribution in [0.1, 0.15) is 0 Å². The van der Waals surface area contributed by atoms with Crippen LogP contribution in [0.4, 0.5) is 0 Å². The number of allylic oxidation sites excluding steroid dienone is 8. The summed E-state index contributed by atoms with van der Waals surface area (Å²) in [7, 11) is 0. The Morgan fingerprint density at radius 3 is 1.79 bits per heavy atom. The third-order valence-electron chi connectivity index (χ3n) is 1.36. The Kier molecular flexibility index (Phi) is 12.3. The molecule has 0 amide bonds. The first kappa shape index (κ1) is 16.1. The molecule has 2 heteroatoms. The molecule has 0 spiro atoms. The molecule has 0 saturated heterocycles. The molecule has 0 nitrogen and oxygen atoms in total. The molecule has 0 heterocycles. The van der Waals surface area contributed by atoms with E-state index in [4.69, 9.17) is 6.42 Å². The molecule has 2 aliphatic rings. The normalized spacial score (nSPS) is 14.4. The van der Waals surface area contributed by atoms with Gasteiger partial charge in [0.2, 0.25) is 0 Å². The summed E-state index contributed by atoms with van der Waals surface area (Å²) >= 11 is 0. The standard InChI is InChI=1S/C7H4.C5H5.Fe.Li/c1-2-7-5-3-4-6-7;1-2-4-5-3-1;;/h3-6H;1-5H;;/q-1;;;+1. The van der Waals surface area contributed by atoms with E-state index in [0.29, 0.717) is 0 Å². The van der Waals surface area contributed by atoms with E-state index in [0.717, 1.165) is 5.57 Å². The van der Waals surface area contributed by atoms with Gasteiger partial charge >= 0.3 is 18.9 Å². The van der Waals surface area contributed by atoms with Gasteiger partial charge in [0.15, 0.2) is 0 Å². The van der Waals surface area contributed by atoms with Gasteiger partial charge in [0.25, 0.3) is 0 Å². The van der Waals surface area contributed by atoms with Crippen LogP contribution in [0.5, 0.6) is 0 Å². The maximum absolute atomic E-state index is 6.61. The topological polar surface area (TPSA) is 0 Å². The summed E-state index contributed by atoms with van der Waals surface area (Å²) in [4.78, 5) is 0. The zero-order valence-corrected chi connectivity index (χ0v) is 9.15. The second-order valence-corrected chi connectivity index (χ2v) is 2.26. The molecule has 14 heavy (non-hydrogen) atoms. The molecule has 0 N–H and O–H groups in total. The van der Waals surface area contributed by atoms with E-state index >= 15 is 0 Å². The van der Waals surface area contributed by atoms with Crippen molar-refractivity contribution in [3.8, 4) is 5.92 Å². The van der Waals surface area contributed by atoms with E-state index < -0.39 is 0 Å². The molecule has 0 unspecified atom stereocenters. The Hall–Kier alpha value is -0.363. The van der Waals surface area contributed by atoms with Crippen LogP contribution < -0.4 is 18.9 Å². The van der Waals surface area contributed by atoms with Crippen LogP contribution in [-0.2, 0) is 17.1 Å². The van der Waals surface area contributed by atoms with E-state index in [9.17, 15) is 0 Å². The predicted molar refractivity (Wildman–Crippen MR) is 51.2 cm³/mol. The average molecular weight is 216 g/mol. The summed E-state index contributed by atoms with van der Waals surface area (Å²) in [5.41, 5.74) is 0.847. The van der Waals surface area contributed by atoms with Crippen molar-refractivity contribution in [2.45, 2.75) is 0 Å². The molecule has 0 bridgehead atoms. The monoisotopic (exact) mass is 216 g/mol. The third-order valence-corrected chi connectivity index (χ3v) is 1.36. The summed E-state index contributed by atoms with van der Waals surface area (Å²) in [5.74, 6) is 2.26.